The Labute approximate surface area is 113 Å². The van der Waals surface area contributed by atoms with Crippen molar-refractivity contribution in [1.82, 2.24) is 4.90 Å². The van der Waals surface area contributed by atoms with Gasteiger partial charge >= 0.3 is 0 Å². The number of para-hydroxylation sites is 1. The van der Waals surface area contributed by atoms with E-state index in [1.54, 1.807) is 6.07 Å². The number of β-amino-alcohol motifs (C(OH)–C–C–N with tert-alkyl or cyclic N) is 1. The Bertz CT molecular complexity index is 439. The molecule has 1 aromatic rings. The van der Waals surface area contributed by atoms with E-state index in [0.29, 0.717) is 25.2 Å². The van der Waals surface area contributed by atoms with E-state index in [4.69, 9.17) is 5.73 Å². The Hall–Kier alpha value is -1.17. The molecule has 0 bridgehead atoms. The average molecular weight is 267 g/mol. The number of hydrogen-bond acceptors (Lipinski definition) is 4. The van der Waals surface area contributed by atoms with E-state index >= 15 is 0 Å². The number of aliphatic hydroxyl groups excluding tert-OH is 1. The standard InChI is InChI=1S/C14H22FN3O/c1-17(2)8-11-6-12(19)9-18(11)14-10(7-16)4-3-5-13(14)15/h3-5,11-12,19H,6-9,16H2,1-2H3. The van der Waals surface area contributed by atoms with E-state index in [1.807, 2.05) is 25.1 Å². The maximum absolute atomic E-state index is 14.1. The molecule has 2 rings (SSSR count). The molecule has 1 heterocycles. The van der Waals surface area contributed by atoms with Gasteiger partial charge in [0.1, 0.15) is 5.82 Å². The predicted octanol–water partition coefficient (Wildman–Crippen LogP) is 0.786. The molecule has 0 saturated carbocycles. The zero-order chi connectivity index (χ0) is 14.0. The molecule has 2 unspecified atom stereocenters. The molecule has 1 aliphatic rings. The van der Waals surface area contributed by atoms with Gasteiger partial charge in [-0.15, -0.1) is 0 Å². The third-order valence-electron chi connectivity index (χ3n) is 3.55. The summed E-state index contributed by atoms with van der Waals surface area (Å²) in [6.07, 6.45) is 0.256. The van der Waals surface area contributed by atoms with E-state index in [0.717, 1.165) is 12.1 Å². The second-order valence-electron chi connectivity index (χ2n) is 5.41. The first-order valence-corrected chi connectivity index (χ1v) is 6.59. The molecule has 0 radical (unpaired) electrons. The van der Waals surface area contributed by atoms with Crippen LogP contribution in [0.2, 0.25) is 0 Å². The molecular weight excluding hydrogens is 245 g/mol. The molecule has 1 fully saturated rings. The predicted molar refractivity (Wildman–Crippen MR) is 74.6 cm³/mol. The Morgan fingerprint density at radius 1 is 1.47 bits per heavy atom. The highest BCUT2D eigenvalue weighted by molar-refractivity contribution is 5.56. The summed E-state index contributed by atoms with van der Waals surface area (Å²) in [5.74, 6) is -0.263. The second-order valence-corrected chi connectivity index (χ2v) is 5.41. The highest BCUT2D eigenvalue weighted by atomic mass is 19.1. The second kappa shape index (κ2) is 5.86. The molecule has 0 aliphatic carbocycles. The molecule has 1 saturated heterocycles. The number of rotatable bonds is 4. The first kappa shape index (κ1) is 14.2. The number of aliphatic hydroxyl groups is 1. The Morgan fingerprint density at radius 3 is 2.84 bits per heavy atom. The average Bonchev–Trinajstić information content (AvgIpc) is 2.68. The molecule has 2 atom stereocenters. The zero-order valence-corrected chi connectivity index (χ0v) is 11.5. The molecule has 1 aliphatic heterocycles. The first-order valence-electron chi connectivity index (χ1n) is 6.59. The van der Waals surface area contributed by atoms with Crippen molar-refractivity contribution in [3.05, 3.63) is 29.6 Å². The SMILES string of the molecule is CN(C)CC1CC(O)CN1c1c(F)cccc1CN. The normalized spacial score (nSPS) is 23.4. The van der Waals surface area contributed by atoms with Gasteiger partial charge in [-0.1, -0.05) is 12.1 Å². The van der Waals surface area contributed by atoms with E-state index in [9.17, 15) is 9.50 Å². The van der Waals surface area contributed by atoms with Crippen molar-refractivity contribution >= 4 is 5.69 Å². The molecular formula is C14H22FN3O. The molecule has 5 heteroatoms. The monoisotopic (exact) mass is 267 g/mol. The van der Waals surface area contributed by atoms with Crippen molar-refractivity contribution in [3.8, 4) is 0 Å². The quantitative estimate of drug-likeness (QED) is 0.847. The largest absolute Gasteiger partial charge is 0.391 e. The number of nitrogens with zero attached hydrogens (tertiary/aromatic N) is 2. The minimum Gasteiger partial charge on any atom is -0.391 e. The molecule has 106 valence electrons. The van der Waals surface area contributed by atoms with Crippen molar-refractivity contribution in [2.45, 2.75) is 25.1 Å². The van der Waals surface area contributed by atoms with Gasteiger partial charge in [-0.25, -0.2) is 4.39 Å². The van der Waals surface area contributed by atoms with Crippen molar-refractivity contribution in [2.24, 2.45) is 5.73 Å². The van der Waals surface area contributed by atoms with Crippen molar-refractivity contribution in [1.29, 1.82) is 0 Å². The lowest BCUT2D eigenvalue weighted by atomic mass is 10.1. The minimum atomic E-state index is -0.407. The first-order chi connectivity index (χ1) is 9.02. The van der Waals surface area contributed by atoms with Crippen molar-refractivity contribution in [3.63, 3.8) is 0 Å². The van der Waals surface area contributed by atoms with Crippen LogP contribution < -0.4 is 10.6 Å². The van der Waals surface area contributed by atoms with Crippen LogP contribution in [0.15, 0.2) is 18.2 Å². The van der Waals surface area contributed by atoms with Crippen LogP contribution in [0.5, 0.6) is 0 Å². The lowest BCUT2D eigenvalue weighted by Crippen LogP contribution is -2.38. The Morgan fingerprint density at radius 2 is 2.21 bits per heavy atom. The summed E-state index contributed by atoms with van der Waals surface area (Å²) in [5, 5.41) is 9.88. The Kier molecular flexibility index (Phi) is 4.39. The number of benzene rings is 1. The van der Waals surface area contributed by atoms with Crippen LogP contribution in [0.4, 0.5) is 10.1 Å². The summed E-state index contributed by atoms with van der Waals surface area (Å²) >= 11 is 0. The fourth-order valence-electron chi connectivity index (χ4n) is 2.81. The van der Waals surface area contributed by atoms with Gasteiger partial charge < -0.3 is 20.6 Å². The molecule has 3 N–H and O–H groups in total. The summed E-state index contributed by atoms with van der Waals surface area (Å²) in [4.78, 5) is 4.01. The van der Waals surface area contributed by atoms with Gasteiger partial charge in [-0.05, 0) is 32.1 Å². The van der Waals surface area contributed by atoms with Gasteiger partial charge in [-0.2, -0.15) is 0 Å². The van der Waals surface area contributed by atoms with Crippen LogP contribution in [-0.4, -0.2) is 49.3 Å². The van der Waals surface area contributed by atoms with E-state index in [1.165, 1.54) is 6.07 Å². The number of nitrogens with two attached hydrogens (primary N) is 1. The number of likely N-dealkylation sites (N-methyl/N-ethyl adjacent to an activating group) is 1. The van der Waals surface area contributed by atoms with Crippen molar-refractivity contribution in [2.75, 3.05) is 32.1 Å². The van der Waals surface area contributed by atoms with Crippen LogP contribution in [0.1, 0.15) is 12.0 Å². The van der Waals surface area contributed by atoms with Gasteiger partial charge in [0, 0.05) is 25.7 Å². The highest BCUT2D eigenvalue weighted by Crippen LogP contribution is 2.31. The Balaban J connectivity index is 2.33. The van der Waals surface area contributed by atoms with Crippen LogP contribution >= 0.6 is 0 Å². The van der Waals surface area contributed by atoms with Crippen LogP contribution in [0.3, 0.4) is 0 Å². The third kappa shape index (κ3) is 3.05. The summed E-state index contributed by atoms with van der Waals surface area (Å²) < 4.78 is 14.1. The van der Waals surface area contributed by atoms with Gasteiger partial charge in [-0.3, -0.25) is 0 Å². The molecule has 0 aromatic heterocycles. The van der Waals surface area contributed by atoms with Gasteiger partial charge in [0.05, 0.1) is 11.8 Å². The number of halogens is 1. The highest BCUT2D eigenvalue weighted by Gasteiger charge is 2.33. The van der Waals surface area contributed by atoms with E-state index in [-0.39, 0.29) is 11.9 Å². The zero-order valence-electron chi connectivity index (χ0n) is 11.5. The van der Waals surface area contributed by atoms with E-state index < -0.39 is 6.10 Å². The lowest BCUT2D eigenvalue weighted by Gasteiger charge is -2.30. The van der Waals surface area contributed by atoms with Crippen LogP contribution in [0, 0.1) is 5.82 Å². The molecule has 19 heavy (non-hydrogen) atoms. The third-order valence-corrected chi connectivity index (χ3v) is 3.55. The van der Waals surface area contributed by atoms with Gasteiger partial charge in [0.25, 0.3) is 0 Å². The minimum absolute atomic E-state index is 0.118. The van der Waals surface area contributed by atoms with Crippen LogP contribution in [0.25, 0.3) is 0 Å². The van der Waals surface area contributed by atoms with Gasteiger partial charge in [0.2, 0.25) is 0 Å². The smallest absolute Gasteiger partial charge is 0.146 e. The van der Waals surface area contributed by atoms with Crippen LogP contribution in [-0.2, 0) is 6.54 Å². The number of hydrogen-bond donors (Lipinski definition) is 2. The van der Waals surface area contributed by atoms with E-state index in [2.05, 4.69) is 4.90 Å². The molecule has 4 nitrogen and oxygen atoms in total. The number of anilines is 1. The molecule has 0 spiro atoms. The maximum atomic E-state index is 14.1. The van der Waals surface area contributed by atoms with Gasteiger partial charge in [0.15, 0.2) is 0 Å². The summed E-state index contributed by atoms with van der Waals surface area (Å²) in [6.45, 7) is 1.55. The van der Waals surface area contributed by atoms with Crippen molar-refractivity contribution < 1.29 is 9.50 Å². The lowest BCUT2D eigenvalue weighted by molar-refractivity contribution is 0.191. The topological polar surface area (TPSA) is 52.7 Å². The summed E-state index contributed by atoms with van der Waals surface area (Å²) in [6, 6.07) is 5.09. The maximum Gasteiger partial charge on any atom is 0.146 e. The summed E-state index contributed by atoms with van der Waals surface area (Å²) in [7, 11) is 3.96. The molecule has 0 amide bonds. The fraction of sp³-hybridized carbons (Fsp3) is 0.571. The fourth-order valence-corrected chi connectivity index (χ4v) is 2.81. The summed E-state index contributed by atoms with van der Waals surface area (Å²) in [5.41, 5.74) is 7.04. The molecule has 1 aromatic carbocycles.